The number of amides is 3. The van der Waals surface area contributed by atoms with E-state index in [1.807, 2.05) is 0 Å². The largest absolute Gasteiger partial charge is 0.383 e. The average molecular weight is 261 g/mol. The molecule has 1 aliphatic heterocycles. The van der Waals surface area contributed by atoms with Crippen LogP contribution in [-0.2, 0) is 18.4 Å². The van der Waals surface area contributed by atoms with E-state index < -0.39 is 6.03 Å². The van der Waals surface area contributed by atoms with Crippen molar-refractivity contribution in [2.24, 2.45) is 7.05 Å². The summed E-state index contributed by atoms with van der Waals surface area (Å²) in [7, 11) is 1.73. The maximum atomic E-state index is 11.5. The third-order valence-corrected chi connectivity index (χ3v) is 2.90. The predicted octanol–water partition coefficient (Wildman–Crippen LogP) is -1.00. The lowest BCUT2D eigenvalue weighted by atomic mass is 10.4. The molecule has 0 aliphatic carbocycles. The number of fused-ring (bicyclic) bond motifs is 1. The molecule has 0 aromatic carbocycles. The molecule has 0 saturated carbocycles. The molecular weight excluding hydrogens is 250 g/mol. The van der Waals surface area contributed by atoms with E-state index in [-0.39, 0.29) is 24.8 Å². The fourth-order valence-electron chi connectivity index (χ4n) is 1.92. The summed E-state index contributed by atoms with van der Waals surface area (Å²) >= 11 is 0. The number of nitrogens with zero attached hydrogens (tertiary/aromatic N) is 5. The Labute approximate surface area is 107 Å². The molecule has 2 aromatic rings. The van der Waals surface area contributed by atoms with Crippen molar-refractivity contribution in [1.29, 1.82) is 0 Å². The summed E-state index contributed by atoms with van der Waals surface area (Å²) in [5.74, 6) is 0.274. The van der Waals surface area contributed by atoms with Crippen LogP contribution in [0.25, 0.3) is 11.0 Å². The number of nitrogens with one attached hydrogen (secondary N) is 1. The van der Waals surface area contributed by atoms with Crippen molar-refractivity contribution in [3.63, 3.8) is 0 Å². The number of carbonyl (C=O) groups excluding carboxylic acids is 2. The van der Waals surface area contributed by atoms with Gasteiger partial charge in [-0.05, 0) is 0 Å². The Hall–Kier alpha value is -2.71. The average Bonchev–Trinajstić information content (AvgIpc) is 2.88. The topological polar surface area (TPSA) is 119 Å². The lowest BCUT2D eigenvalue weighted by molar-refractivity contribution is -0.125. The minimum absolute atomic E-state index is 0.00225. The van der Waals surface area contributed by atoms with E-state index in [1.165, 1.54) is 0 Å². The molecule has 3 heterocycles. The number of rotatable bonds is 2. The molecule has 3 amide bonds. The second-order valence-corrected chi connectivity index (χ2v) is 4.17. The van der Waals surface area contributed by atoms with Crippen LogP contribution >= 0.6 is 0 Å². The highest BCUT2D eigenvalue weighted by Crippen LogP contribution is 2.17. The van der Waals surface area contributed by atoms with Gasteiger partial charge in [-0.3, -0.25) is 14.4 Å². The minimum atomic E-state index is -0.447. The fourth-order valence-corrected chi connectivity index (χ4v) is 1.92. The Morgan fingerprint density at radius 3 is 2.89 bits per heavy atom. The van der Waals surface area contributed by atoms with Crippen LogP contribution in [0.15, 0.2) is 6.20 Å². The first-order chi connectivity index (χ1) is 9.06. The van der Waals surface area contributed by atoms with Crippen LogP contribution in [0.3, 0.4) is 0 Å². The fraction of sp³-hybridized carbons (Fsp3) is 0.300. The summed E-state index contributed by atoms with van der Waals surface area (Å²) < 4.78 is 1.56. The van der Waals surface area contributed by atoms with E-state index >= 15 is 0 Å². The lowest BCUT2D eigenvalue weighted by Crippen LogP contribution is -2.31. The summed E-state index contributed by atoms with van der Waals surface area (Å²) in [5.41, 5.74) is 6.37. The van der Waals surface area contributed by atoms with Gasteiger partial charge in [-0.15, -0.1) is 0 Å². The van der Waals surface area contributed by atoms with Crippen LogP contribution in [0.2, 0.25) is 0 Å². The van der Waals surface area contributed by atoms with E-state index in [0.29, 0.717) is 16.9 Å². The second-order valence-electron chi connectivity index (χ2n) is 4.17. The number of nitrogen functional groups attached to an aromatic ring is 1. The number of aryl methyl sites for hydroxylation is 1. The molecule has 2 aromatic heterocycles. The molecule has 1 saturated heterocycles. The summed E-state index contributed by atoms with van der Waals surface area (Å²) in [6.07, 6.45) is 1.57. The number of nitrogens with two attached hydrogens (primary N) is 1. The van der Waals surface area contributed by atoms with Crippen LogP contribution < -0.4 is 11.1 Å². The smallest absolute Gasteiger partial charge is 0.325 e. The SMILES string of the molecule is Cn1ncc2c(N)nc(CN3C(=O)CNC3=O)nc21. The van der Waals surface area contributed by atoms with Crippen molar-refractivity contribution in [3.8, 4) is 0 Å². The Morgan fingerprint density at radius 1 is 1.42 bits per heavy atom. The van der Waals surface area contributed by atoms with Crippen LogP contribution in [0.1, 0.15) is 5.82 Å². The molecule has 3 N–H and O–H groups in total. The van der Waals surface area contributed by atoms with Gasteiger partial charge in [0.25, 0.3) is 0 Å². The van der Waals surface area contributed by atoms with Gasteiger partial charge in [0.05, 0.1) is 24.7 Å². The van der Waals surface area contributed by atoms with E-state index in [2.05, 4.69) is 20.4 Å². The minimum Gasteiger partial charge on any atom is -0.383 e. The third-order valence-electron chi connectivity index (χ3n) is 2.90. The zero-order chi connectivity index (χ0) is 13.6. The summed E-state index contributed by atoms with van der Waals surface area (Å²) in [6, 6.07) is -0.447. The first-order valence-corrected chi connectivity index (χ1v) is 5.58. The monoisotopic (exact) mass is 261 g/mol. The number of hydrogen-bond donors (Lipinski definition) is 2. The summed E-state index contributed by atoms with van der Waals surface area (Å²) in [5, 5.41) is 7.11. The van der Waals surface area contributed by atoms with Gasteiger partial charge in [0, 0.05) is 7.05 Å². The zero-order valence-corrected chi connectivity index (χ0v) is 10.1. The van der Waals surface area contributed by atoms with Crippen molar-refractivity contribution in [2.75, 3.05) is 12.3 Å². The molecule has 0 atom stereocenters. The van der Waals surface area contributed by atoms with Gasteiger partial charge in [0.2, 0.25) is 5.91 Å². The van der Waals surface area contributed by atoms with Crippen LogP contribution in [0.4, 0.5) is 10.6 Å². The second kappa shape index (κ2) is 3.90. The number of aromatic nitrogens is 4. The van der Waals surface area contributed by atoms with E-state index in [0.717, 1.165) is 4.90 Å². The van der Waals surface area contributed by atoms with Crippen LogP contribution in [-0.4, -0.2) is 43.1 Å². The number of anilines is 1. The van der Waals surface area contributed by atoms with Gasteiger partial charge in [-0.2, -0.15) is 5.10 Å². The van der Waals surface area contributed by atoms with Gasteiger partial charge in [-0.1, -0.05) is 0 Å². The number of urea groups is 1. The number of imide groups is 1. The van der Waals surface area contributed by atoms with E-state index in [9.17, 15) is 9.59 Å². The van der Waals surface area contributed by atoms with Crippen molar-refractivity contribution in [1.82, 2.24) is 30.0 Å². The Balaban J connectivity index is 1.99. The van der Waals surface area contributed by atoms with Crippen molar-refractivity contribution in [3.05, 3.63) is 12.0 Å². The third kappa shape index (κ3) is 1.75. The van der Waals surface area contributed by atoms with Crippen LogP contribution in [0, 0.1) is 0 Å². The van der Waals surface area contributed by atoms with Crippen molar-refractivity contribution >= 4 is 28.8 Å². The summed E-state index contributed by atoms with van der Waals surface area (Å²) in [6.45, 7) is -0.00173. The molecule has 1 fully saturated rings. The highest BCUT2D eigenvalue weighted by atomic mass is 16.2. The maximum absolute atomic E-state index is 11.5. The Bertz CT molecular complexity index is 676. The molecule has 0 radical (unpaired) electrons. The molecule has 0 spiro atoms. The molecule has 98 valence electrons. The Kier molecular flexibility index (Phi) is 2.34. The highest BCUT2D eigenvalue weighted by Gasteiger charge is 2.29. The van der Waals surface area contributed by atoms with Gasteiger partial charge in [0.15, 0.2) is 11.5 Å². The molecule has 9 heteroatoms. The lowest BCUT2D eigenvalue weighted by Gasteiger charge is -2.11. The standard InChI is InChI=1S/C10H11N7O2/c1-16-9-5(2-13-16)8(11)14-6(15-9)4-17-7(18)3-12-10(17)19/h2H,3-4H2,1H3,(H,12,19)(H2,11,14,15). The molecule has 19 heavy (non-hydrogen) atoms. The molecule has 1 aliphatic rings. The normalized spacial score (nSPS) is 15.3. The number of carbonyl (C=O) groups is 2. The van der Waals surface area contributed by atoms with Crippen LogP contribution in [0.5, 0.6) is 0 Å². The Morgan fingerprint density at radius 2 is 2.21 bits per heavy atom. The van der Waals surface area contributed by atoms with Crippen molar-refractivity contribution in [2.45, 2.75) is 6.54 Å². The molecule has 9 nitrogen and oxygen atoms in total. The van der Waals surface area contributed by atoms with E-state index in [1.54, 1.807) is 17.9 Å². The quantitative estimate of drug-likeness (QED) is 0.669. The first kappa shape index (κ1) is 11.4. The molecule has 3 rings (SSSR count). The van der Waals surface area contributed by atoms with Crippen molar-refractivity contribution < 1.29 is 9.59 Å². The maximum Gasteiger partial charge on any atom is 0.325 e. The summed E-state index contributed by atoms with van der Waals surface area (Å²) in [4.78, 5) is 32.3. The van der Waals surface area contributed by atoms with Gasteiger partial charge < -0.3 is 11.1 Å². The van der Waals surface area contributed by atoms with Gasteiger partial charge >= 0.3 is 6.03 Å². The predicted molar refractivity (Wildman–Crippen MR) is 64.7 cm³/mol. The zero-order valence-electron chi connectivity index (χ0n) is 10.1. The molecule has 0 bridgehead atoms. The van der Waals surface area contributed by atoms with E-state index in [4.69, 9.17) is 5.73 Å². The van der Waals surface area contributed by atoms with Gasteiger partial charge in [-0.25, -0.2) is 14.8 Å². The highest BCUT2D eigenvalue weighted by molar-refractivity contribution is 6.01. The van der Waals surface area contributed by atoms with Gasteiger partial charge in [0.1, 0.15) is 5.82 Å². The molecular formula is C10H11N7O2. The number of hydrogen-bond acceptors (Lipinski definition) is 6. The first-order valence-electron chi connectivity index (χ1n) is 5.58. The molecule has 0 unspecified atom stereocenters.